The fourth-order valence-corrected chi connectivity index (χ4v) is 3.94. The highest BCUT2D eigenvalue weighted by atomic mass is 79.9. The first-order valence-electron chi connectivity index (χ1n) is 5.42. The molecule has 0 atom stereocenters. The Morgan fingerprint density at radius 2 is 1.88 bits per heavy atom. The van der Waals surface area contributed by atoms with Crippen LogP contribution in [-0.4, -0.2) is 30.8 Å². The van der Waals surface area contributed by atoms with Gasteiger partial charge in [0.2, 0.25) is 10.0 Å². The second-order valence-electron chi connectivity index (χ2n) is 4.00. The maximum Gasteiger partial charge on any atom is 0.246 e. The van der Waals surface area contributed by atoms with Crippen LogP contribution in [0.4, 0.5) is 5.69 Å². The molecule has 1 fully saturated rings. The average molecular weight is 320 g/mol. The Kier molecular flexibility index (Phi) is 3.70. The zero-order chi connectivity index (χ0) is 12.5. The summed E-state index contributed by atoms with van der Waals surface area (Å²) in [5, 5.41) is 0. The maximum absolute atomic E-state index is 12.3. The predicted octanol–water partition coefficient (Wildman–Crippen LogP) is 1.60. The average Bonchev–Trinajstić information content (AvgIpc) is 2.33. The molecule has 1 aromatic rings. The minimum absolute atomic E-state index is 0.0915. The minimum atomic E-state index is -3.50. The second-order valence-corrected chi connectivity index (χ2v) is 6.76. The molecule has 7 heteroatoms. The van der Waals surface area contributed by atoms with Gasteiger partial charge in [0.1, 0.15) is 4.90 Å². The monoisotopic (exact) mass is 319 g/mol. The van der Waals surface area contributed by atoms with Crippen LogP contribution in [0.15, 0.2) is 21.8 Å². The molecule has 2 heterocycles. The van der Waals surface area contributed by atoms with Crippen LogP contribution in [-0.2, 0) is 10.0 Å². The minimum Gasteiger partial charge on any atom is -0.397 e. The Hall–Kier alpha value is -0.660. The van der Waals surface area contributed by atoms with E-state index in [9.17, 15) is 8.42 Å². The van der Waals surface area contributed by atoms with Crippen molar-refractivity contribution >= 4 is 31.6 Å². The molecule has 2 N–H and O–H groups in total. The van der Waals surface area contributed by atoms with Crippen LogP contribution in [0.2, 0.25) is 0 Å². The lowest BCUT2D eigenvalue weighted by atomic mass is 10.2. The molecule has 1 aromatic heterocycles. The van der Waals surface area contributed by atoms with E-state index in [2.05, 4.69) is 20.9 Å². The van der Waals surface area contributed by atoms with Crippen molar-refractivity contribution < 1.29 is 8.42 Å². The third-order valence-electron chi connectivity index (χ3n) is 2.84. The van der Waals surface area contributed by atoms with Crippen LogP contribution in [0.5, 0.6) is 0 Å². The van der Waals surface area contributed by atoms with Crippen molar-refractivity contribution in [3.63, 3.8) is 0 Å². The van der Waals surface area contributed by atoms with Gasteiger partial charge in [-0.2, -0.15) is 4.31 Å². The van der Waals surface area contributed by atoms with E-state index in [1.165, 1.54) is 16.7 Å². The Balaban J connectivity index is 2.40. The van der Waals surface area contributed by atoms with Gasteiger partial charge in [0, 0.05) is 25.5 Å². The molecular formula is C10H14BrN3O2S. The number of rotatable bonds is 2. The summed E-state index contributed by atoms with van der Waals surface area (Å²) in [6, 6.07) is 0. The summed E-state index contributed by atoms with van der Waals surface area (Å²) in [5.74, 6) is 0. The summed E-state index contributed by atoms with van der Waals surface area (Å²) in [5.41, 5.74) is 6.01. The number of aromatic nitrogens is 1. The van der Waals surface area contributed by atoms with Crippen molar-refractivity contribution in [3.8, 4) is 0 Å². The number of sulfonamides is 1. The first-order chi connectivity index (χ1) is 8.03. The van der Waals surface area contributed by atoms with Crippen molar-refractivity contribution in [3.05, 3.63) is 16.9 Å². The van der Waals surface area contributed by atoms with Crippen LogP contribution in [0, 0.1) is 0 Å². The third-order valence-corrected chi connectivity index (χ3v) is 5.39. The highest BCUT2D eigenvalue weighted by Gasteiger charge is 2.28. The van der Waals surface area contributed by atoms with Crippen LogP contribution >= 0.6 is 15.9 Å². The first-order valence-corrected chi connectivity index (χ1v) is 7.66. The highest BCUT2D eigenvalue weighted by Crippen LogP contribution is 2.29. The van der Waals surface area contributed by atoms with Crippen molar-refractivity contribution in [1.82, 2.24) is 9.29 Å². The Bertz CT molecular complexity index is 512. The molecule has 0 amide bonds. The third kappa shape index (κ3) is 2.46. The van der Waals surface area contributed by atoms with E-state index in [0.29, 0.717) is 17.6 Å². The number of hydrogen-bond donors (Lipinski definition) is 1. The molecular weight excluding hydrogens is 306 g/mol. The molecule has 2 rings (SSSR count). The molecule has 1 saturated heterocycles. The van der Waals surface area contributed by atoms with E-state index >= 15 is 0 Å². The van der Waals surface area contributed by atoms with Crippen molar-refractivity contribution in [2.45, 2.75) is 24.2 Å². The van der Waals surface area contributed by atoms with Crippen LogP contribution in [0.3, 0.4) is 0 Å². The summed E-state index contributed by atoms with van der Waals surface area (Å²) >= 11 is 3.19. The van der Waals surface area contributed by atoms with Crippen molar-refractivity contribution in [2.24, 2.45) is 0 Å². The van der Waals surface area contributed by atoms with Crippen LogP contribution in [0.25, 0.3) is 0 Å². The van der Waals surface area contributed by atoms with Gasteiger partial charge in [-0.05, 0) is 28.8 Å². The summed E-state index contributed by atoms with van der Waals surface area (Å²) in [6.07, 6.45) is 5.69. The topological polar surface area (TPSA) is 76.3 Å². The summed E-state index contributed by atoms with van der Waals surface area (Å²) in [7, 11) is -3.50. The lowest BCUT2D eigenvalue weighted by Gasteiger charge is -2.26. The number of piperidine rings is 1. The van der Waals surface area contributed by atoms with Crippen molar-refractivity contribution in [2.75, 3.05) is 18.8 Å². The molecule has 94 valence electrons. The number of anilines is 1. The van der Waals surface area contributed by atoms with Gasteiger partial charge in [-0.1, -0.05) is 6.42 Å². The predicted molar refractivity (Wildman–Crippen MR) is 69.0 cm³/mol. The zero-order valence-electron chi connectivity index (χ0n) is 9.26. The van der Waals surface area contributed by atoms with Gasteiger partial charge in [0.05, 0.1) is 10.2 Å². The molecule has 0 radical (unpaired) electrons. The molecule has 1 aliphatic heterocycles. The first kappa shape index (κ1) is 12.8. The fraction of sp³-hybridized carbons (Fsp3) is 0.500. The normalized spacial score (nSPS) is 18.2. The number of hydrogen-bond acceptors (Lipinski definition) is 4. The smallest absolute Gasteiger partial charge is 0.246 e. The van der Waals surface area contributed by atoms with E-state index in [1.54, 1.807) is 0 Å². The largest absolute Gasteiger partial charge is 0.397 e. The SMILES string of the molecule is Nc1c(Br)cncc1S(=O)(=O)N1CCCCC1. The zero-order valence-corrected chi connectivity index (χ0v) is 11.7. The second kappa shape index (κ2) is 4.91. The molecule has 0 aromatic carbocycles. The standard InChI is InChI=1S/C10H14BrN3O2S/c11-8-6-13-7-9(10(8)12)17(15,16)14-4-2-1-3-5-14/h6-7H,1-5H2,(H2,12,13). The number of nitrogens with two attached hydrogens (primary N) is 1. The van der Waals surface area contributed by atoms with E-state index in [0.717, 1.165) is 19.3 Å². The summed E-state index contributed by atoms with van der Waals surface area (Å²) in [6.45, 7) is 1.13. The Labute approximate surface area is 109 Å². The summed E-state index contributed by atoms with van der Waals surface area (Å²) < 4.78 is 26.7. The van der Waals surface area contributed by atoms with Gasteiger partial charge in [0.25, 0.3) is 0 Å². The number of pyridine rings is 1. The van der Waals surface area contributed by atoms with Gasteiger partial charge in [-0.15, -0.1) is 0 Å². The molecule has 0 aliphatic carbocycles. The van der Waals surface area contributed by atoms with E-state index < -0.39 is 10.0 Å². The molecule has 0 bridgehead atoms. The number of nitrogens with zero attached hydrogens (tertiary/aromatic N) is 2. The summed E-state index contributed by atoms with van der Waals surface area (Å²) in [4.78, 5) is 3.96. The van der Waals surface area contributed by atoms with Gasteiger partial charge in [-0.3, -0.25) is 4.98 Å². The Morgan fingerprint density at radius 3 is 2.53 bits per heavy atom. The van der Waals surface area contributed by atoms with Gasteiger partial charge in [0.15, 0.2) is 0 Å². The molecule has 1 aliphatic rings. The van der Waals surface area contributed by atoms with Gasteiger partial charge < -0.3 is 5.73 Å². The van der Waals surface area contributed by atoms with E-state index in [1.807, 2.05) is 0 Å². The van der Waals surface area contributed by atoms with Crippen molar-refractivity contribution in [1.29, 1.82) is 0 Å². The fourth-order valence-electron chi connectivity index (χ4n) is 1.88. The van der Waals surface area contributed by atoms with Crippen LogP contribution in [0.1, 0.15) is 19.3 Å². The molecule has 0 unspecified atom stereocenters. The molecule has 17 heavy (non-hydrogen) atoms. The van der Waals surface area contributed by atoms with Crippen LogP contribution < -0.4 is 5.73 Å². The number of halogens is 1. The molecule has 0 saturated carbocycles. The number of nitrogen functional groups attached to an aromatic ring is 1. The van der Waals surface area contributed by atoms with E-state index in [-0.39, 0.29) is 10.6 Å². The Morgan fingerprint density at radius 1 is 1.24 bits per heavy atom. The highest BCUT2D eigenvalue weighted by molar-refractivity contribution is 9.10. The van der Waals surface area contributed by atoms with Gasteiger partial charge >= 0.3 is 0 Å². The molecule has 5 nitrogen and oxygen atoms in total. The maximum atomic E-state index is 12.3. The lowest BCUT2D eigenvalue weighted by molar-refractivity contribution is 0.346. The lowest BCUT2D eigenvalue weighted by Crippen LogP contribution is -2.36. The quantitative estimate of drug-likeness (QED) is 0.898. The van der Waals surface area contributed by atoms with E-state index in [4.69, 9.17) is 5.73 Å². The van der Waals surface area contributed by atoms with Gasteiger partial charge in [-0.25, -0.2) is 8.42 Å². The molecule has 0 spiro atoms.